The number of imidazole rings is 1. The Balaban J connectivity index is 2.11. The van der Waals surface area contributed by atoms with Crippen molar-refractivity contribution in [2.45, 2.75) is 52.4 Å². The number of ether oxygens (including phenoxy) is 2. The zero-order valence-electron chi connectivity index (χ0n) is 14.6. The minimum atomic E-state index is -0.800. The van der Waals surface area contributed by atoms with Crippen LogP contribution in [0.1, 0.15) is 36.8 Å². The van der Waals surface area contributed by atoms with Gasteiger partial charge in [0.25, 0.3) is 0 Å². The lowest BCUT2D eigenvalue weighted by Crippen LogP contribution is -2.40. The van der Waals surface area contributed by atoms with Gasteiger partial charge in [-0.15, -0.1) is 0 Å². The first kappa shape index (κ1) is 17.1. The first-order valence-corrected chi connectivity index (χ1v) is 8.45. The molecular weight excluding hydrogens is 308 g/mol. The number of fused-ring (bicyclic) bond motifs is 1. The highest BCUT2D eigenvalue weighted by molar-refractivity contribution is 5.88. The number of nitrogens with zero attached hydrogens (tertiary/aromatic N) is 3. The molecule has 0 saturated carbocycles. The second-order valence-corrected chi connectivity index (χ2v) is 6.49. The van der Waals surface area contributed by atoms with E-state index in [0.29, 0.717) is 57.1 Å². The molecule has 2 aromatic rings. The van der Waals surface area contributed by atoms with Gasteiger partial charge >= 0.3 is 0 Å². The van der Waals surface area contributed by atoms with Crippen LogP contribution in [0.4, 0.5) is 5.82 Å². The fraction of sp³-hybridized carbons (Fsp3) is 0.647. The molecule has 0 spiro atoms. The molecule has 0 aromatic carbocycles. The Bertz CT molecular complexity index is 735. The van der Waals surface area contributed by atoms with E-state index in [-0.39, 0.29) is 0 Å². The second-order valence-electron chi connectivity index (χ2n) is 6.49. The van der Waals surface area contributed by atoms with Gasteiger partial charge in [0.1, 0.15) is 17.9 Å². The third-order valence-electron chi connectivity index (χ3n) is 4.79. The molecular formula is C17H26N4O3. The first-order chi connectivity index (χ1) is 11.4. The second kappa shape index (κ2) is 6.66. The summed E-state index contributed by atoms with van der Waals surface area (Å²) in [6, 6.07) is 0. The summed E-state index contributed by atoms with van der Waals surface area (Å²) < 4.78 is 13.0. The Hall–Kier alpha value is -1.70. The van der Waals surface area contributed by atoms with Crippen LogP contribution < -0.4 is 5.73 Å². The van der Waals surface area contributed by atoms with Gasteiger partial charge in [-0.25, -0.2) is 9.97 Å². The zero-order chi connectivity index (χ0) is 17.3. The molecule has 1 aliphatic rings. The molecule has 0 bridgehead atoms. The van der Waals surface area contributed by atoms with E-state index in [1.807, 2.05) is 20.8 Å². The number of hydrogen-bond donors (Lipinski definition) is 2. The van der Waals surface area contributed by atoms with Crippen molar-refractivity contribution in [1.29, 1.82) is 0 Å². The number of aliphatic hydroxyl groups is 1. The molecule has 3 rings (SSSR count). The molecule has 3 N–H and O–H groups in total. The molecule has 0 atom stereocenters. The van der Waals surface area contributed by atoms with E-state index >= 15 is 0 Å². The predicted molar refractivity (Wildman–Crippen MR) is 91.7 cm³/mol. The molecule has 3 heterocycles. The summed E-state index contributed by atoms with van der Waals surface area (Å²) in [5.74, 6) is 1.19. The molecule has 2 aromatic heterocycles. The van der Waals surface area contributed by atoms with Crippen LogP contribution in [0.2, 0.25) is 0 Å². The normalized spacial score (nSPS) is 17.5. The summed E-state index contributed by atoms with van der Waals surface area (Å²) in [4.78, 5) is 9.04. The smallest absolute Gasteiger partial charge is 0.151 e. The van der Waals surface area contributed by atoms with Crippen LogP contribution in [-0.4, -0.2) is 45.1 Å². The van der Waals surface area contributed by atoms with Crippen LogP contribution in [0.3, 0.4) is 0 Å². The number of rotatable bonds is 5. The molecule has 0 amide bonds. The van der Waals surface area contributed by atoms with Crippen molar-refractivity contribution in [2.24, 2.45) is 0 Å². The van der Waals surface area contributed by atoms with Gasteiger partial charge in [-0.3, -0.25) is 0 Å². The average molecular weight is 334 g/mol. The third kappa shape index (κ3) is 3.11. The van der Waals surface area contributed by atoms with Crippen LogP contribution in [-0.2, 0) is 22.6 Å². The highest BCUT2D eigenvalue weighted by atomic mass is 16.5. The highest BCUT2D eigenvalue weighted by Crippen LogP contribution is 2.30. The maximum Gasteiger partial charge on any atom is 0.151 e. The summed E-state index contributed by atoms with van der Waals surface area (Å²) in [6.07, 6.45) is 1.22. The van der Waals surface area contributed by atoms with Crippen LogP contribution in [0.5, 0.6) is 0 Å². The maximum atomic E-state index is 11.0. The van der Waals surface area contributed by atoms with Gasteiger partial charge < -0.3 is 24.9 Å². The summed E-state index contributed by atoms with van der Waals surface area (Å²) in [5, 5.41) is 11.0. The van der Waals surface area contributed by atoms with Crippen molar-refractivity contribution >= 4 is 16.9 Å². The first-order valence-electron chi connectivity index (χ1n) is 8.45. The molecule has 132 valence electrons. The molecule has 0 aliphatic carbocycles. The minimum absolute atomic E-state index is 0.385. The Morgan fingerprint density at radius 1 is 1.29 bits per heavy atom. The Morgan fingerprint density at radius 3 is 2.67 bits per heavy atom. The lowest BCUT2D eigenvalue weighted by atomic mass is 9.94. The van der Waals surface area contributed by atoms with Crippen molar-refractivity contribution in [3.8, 4) is 0 Å². The largest absolute Gasteiger partial charge is 0.388 e. The molecule has 24 heavy (non-hydrogen) atoms. The number of aromatic nitrogens is 3. The minimum Gasteiger partial charge on any atom is -0.388 e. The van der Waals surface area contributed by atoms with Crippen molar-refractivity contribution in [3.63, 3.8) is 0 Å². The molecule has 0 radical (unpaired) electrons. The third-order valence-corrected chi connectivity index (χ3v) is 4.79. The van der Waals surface area contributed by atoms with E-state index in [2.05, 4.69) is 14.5 Å². The van der Waals surface area contributed by atoms with E-state index in [0.717, 1.165) is 22.6 Å². The molecule has 1 saturated heterocycles. The Kier molecular flexibility index (Phi) is 4.76. The highest BCUT2D eigenvalue weighted by Gasteiger charge is 2.32. The SMILES string of the molecule is CCOCc1nc2c(N)nc(C)c(C)c2n1CC1(O)CCOCC1. The molecule has 1 fully saturated rings. The Labute approximate surface area is 141 Å². The van der Waals surface area contributed by atoms with Gasteiger partial charge in [0.05, 0.1) is 17.7 Å². The van der Waals surface area contributed by atoms with Crippen LogP contribution in [0.25, 0.3) is 11.0 Å². The number of nitrogens with two attached hydrogens (primary N) is 1. The lowest BCUT2D eigenvalue weighted by molar-refractivity contribution is -0.0730. The number of nitrogen functional groups attached to an aromatic ring is 1. The number of anilines is 1. The maximum absolute atomic E-state index is 11.0. The standard InChI is InChI=1S/C17H26N4O3/c1-4-23-9-13-20-14-15(11(2)12(3)19-16(14)18)21(13)10-17(22)5-7-24-8-6-17/h22H,4-10H2,1-3H3,(H2,18,19). The van der Waals surface area contributed by atoms with Gasteiger partial charge in [0.15, 0.2) is 5.82 Å². The fourth-order valence-corrected chi connectivity index (χ4v) is 3.22. The van der Waals surface area contributed by atoms with E-state index < -0.39 is 5.60 Å². The quantitative estimate of drug-likeness (QED) is 0.864. The van der Waals surface area contributed by atoms with E-state index in [9.17, 15) is 5.11 Å². The average Bonchev–Trinajstić information content (AvgIpc) is 2.90. The van der Waals surface area contributed by atoms with Gasteiger partial charge in [0.2, 0.25) is 0 Å². The van der Waals surface area contributed by atoms with Crippen molar-refractivity contribution in [1.82, 2.24) is 14.5 Å². The molecule has 0 unspecified atom stereocenters. The number of aryl methyl sites for hydroxylation is 2. The molecule has 1 aliphatic heterocycles. The van der Waals surface area contributed by atoms with Gasteiger partial charge in [-0.2, -0.15) is 0 Å². The fourth-order valence-electron chi connectivity index (χ4n) is 3.22. The van der Waals surface area contributed by atoms with Gasteiger partial charge in [-0.05, 0) is 26.3 Å². The van der Waals surface area contributed by atoms with Gasteiger partial charge in [0, 0.05) is 38.4 Å². The topological polar surface area (TPSA) is 95.4 Å². The van der Waals surface area contributed by atoms with Crippen molar-refractivity contribution in [3.05, 3.63) is 17.1 Å². The molecule has 7 nitrogen and oxygen atoms in total. The van der Waals surface area contributed by atoms with Crippen LogP contribution >= 0.6 is 0 Å². The van der Waals surface area contributed by atoms with Crippen LogP contribution in [0.15, 0.2) is 0 Å². The van der Waals surface area contributed by atoms with Crippen molar-refractivity contribution < 1.29 is 14.6 Å². The van der Waals surface area contributed by atoms with E-state index in [1.165, 1.54) is 0 Å². The van der Waals surface area contributed by atoms with Crippen molar-refractivity contribution in [2.75, 3.05) is 25.6 Å². The number of pyridine rings is 1. The number of hydrogen-bond acceptors (Lipinski definition) is 6. The summed E-state index contributed by atoms with van der Waals surface area (Å²) in [7, 11) is 0. The summed E-state index contributed by atoms with van der Waals surface area (Å²) in [5.41, 5.74) is 8.83. The zero-order valence-corrected chi connectivity index (χ0v) is 14.6. The van der Waals surface area contributed by atoms with Crippen LogP contribution in [0, 0.1) is 13.8 Å². The predicted octanol–water partition coefficient (Wildman–Crippen LogP) is 1.71. The summed E-state index contributed by atoms with van der Waals surface area (Å²) >= 11 is 0. The van der Waals surface area contributed by atoms with E-state index in [1.54, 1.807) is 0 Å². The molecule has 7 heteroatoms. The van der Waals surface area contributed by atoms with E-state index in [4.69, 9.17) is 15.2 Å². The monoisotopic (exact) mass is 334 g/mol. The Morgan fingerprint density at radius 2 is 2.00 bits per heavy atom. The lowest BCUT2D eigenvalue weighted by Gasteiger charge is -2.33. The van der Waals surface area contributed by atoms with Gasteiger partial charge in [-0.1, -0.05) is 0 Å². The summed E-state index contributed by atoms with van der Waals surface area (Å²) in [6.45, 7) is 8.50.